The summed E-state index contributed by atoms with van der Waals surface area (Å²) in [4.78, 5) is 24.1. The molecule has 0 saturated heterocycles. The Balaban J connectivity index is 2.08. The summed E-state index contributed by atoms with van der Waals surface area (Å²) in [5, 5.41) is 2.84. The van der Waals surface area contributed by atoms with Gasteiger partial charge in [-0.15, -0.1) is 0 Å². The van der Waals surface area contributed by atoms with Crippen LogP contribution in [-0.4, -0.2) is 0 Å². The van der Waals surface area contributed by atoms with Gasteiger partial charge in [0.05, 0.1) is 10.6 Å². The third kappa shape index (κ3) is 2.63. The molecule has 0 spiro atoms. The monoisotopic (exact) mass is 343 g/mol. The SMILES string of the molecule is Cc1cc(C)c(-c2c(Nc3ccc(F)c(Cl)c3)c(=O)c2=O)cc1C. The third-order valence-electron chi connectivity index (χ3n) is 4.21. The first-order valence-electron chi connectivity index (χ1n) is 7.43. The van der Waals surface area contributed by atoms with Gasteiger partial charge in [-0.3, -0.25) is 9.59 Å². The Bertz CT molecular complexity index is 1030. The zero-order valence-corrected chi connectivity index (χ0v) is 14.2. The maximum atomic E-state index is 13.3. The van der Waals surface area contributed by atoms with Gasteiger partial charge in [0.2, 0.25) is 5.43 Å². The largest absolute Gasteiger partial charge is 0.352 e. The highest BCUT2D eigenvalue weighted by Gasteiger charge is 2.24. The molecule has 24 heavy (non-hydrogen) atoms. The van der Waals surface area contributed by atoms with E-state index >= 15 is 0 Å². The smallest absolute Gasteiger partial charge is 0.250 e. The lowest BCUT2D eigenvalue weighted by molar-refractivity contribution is 0.628. The quantitative estimate of drug-likeness (QED) is 0.716. The molecule has 0 heterocycles. The second-order valence-electron chi connectivity index (χ2n) is 5.91. The Morgan fingerprint density at radius 2 is 1.58 bits per heavy atom. The molecule has 0 bridgehead atoms. The highest BCUT2D eigenvalue weighted by atomic mass is 35.5. The van der Waals surface area contributed by atoms with Gasteiger partial charge in [0.25, 0.3) is 5.43 Å². The van der Waals surface area contributed by atoms with Crippen molar-refractivity contribution < 1.29 is 4.39 Å². The topological polar surface area (TPSA) is 46.2 Å². The molecule has 1 N–H and O–H groups in total. The molecular formula is C19H15ClFNO2. The number of rotatable bonds is 3. The van der Waals surface area contributed by atoms with Crippen molar-refractivity contribution in [3.05, 3.63) is 78.3 Å². The summed E-state index contributed by atoms with van der Waals surface area (Å²) in [6, 6.07) is 7.95. The normalized spacial score (nSPS) is 11.0. The zero-order chi connectivity index (χ0) is 17.6. The molecule has 0 amide bonds. The zero-order valence-electron chi connectivity index (χ0n) is 13.5. The molecule has 122 valence electrons. The molecule has 0 unspecified atom stereocenters. The van der Waals surface area contributed by atoms with Gasteiger partial charge in [-0.2, -0.15) is 0 Å². The average molecular weight is 344 g/mol. The van der Waals surface area contributed by atoms with Gasteiger partial charge in [-0.05, 0) is 61.2 Å². The van der Waals surface area contributed by atoms with Gasteiger partial charge in [0.15, 0.2) is 0 Å². The molecule has 0 fully saturated rings. The first-order valence-corrected chi connectivity index (χ1v) is 7.81. The number of anilines is 2. The lowest BCUT2D eigenvalue weighted by atomic mass is 9.91. The van der Waals surface area contributed by atoms with Gasteiger partial charge < -0.3 is 5.32 Å². The Morgan fingerprint density at radius 3 is 2.25 bits per heavy atom. The van der Waals surface area contributed by atoms with Gasteiger partial charge in [-0.25, -0.2) is 4.39 Å². The van der Waals surface area contributed by atoms with Crippen LogP contribution in [0.2, 0.25) is 5.02 Å². The summed E-state index contributed by atoms with van der Waals surface area (Å²) in [5.74, 6) is -0.544. The summed E-state index contributed by atoms with van der Waals surface area (Å²) < 4.78 is 13.3. The van der Waals surface area contributed by atoms with Gasteiger partial charge in [0, 0.05) is 5.69 Å². The molecule has 0 aliphatic heterocycles. The van der Waals surface area contributed by atoms with Crippen LogP contribution in [0.5, 0.6) is 0 Å². The summed E-state index contributed by atoms with van der Waals surface area (Å²) in [7, 11) is 0. The van der Waals surface area contributed by atoms with Crippen molar-refractivity contribution in [2.75, 3.05) is 5.32 Å². The van der Waals surface area contributed by atoms with Crippen LogP contribution in [0.25, 0.3) is 11.1 Å². The lowest BCUT2D eigenvalue weighted by Gasteiger charge is -2.16. The summed E-state index contributed by atoms with van der Waals surface area (Å²) >= 11 is 5.76. The molecule has 0 aliphatic carbocycles. The Labute approximate surface area is 143 Å². The highest BCUT2D eigenvalue weighted by molar-refractivity contribution is 6.31. The van der Waals surface area contributed by atoms with E-state index in [0.717, 1.165) is 22.3 Å². The van der Waals surface area contributed by atoms with Crippen molar-refractivity contribution >= 4 is 23.0 Å². The highest BCUT2D eigenvalue weighted by Crippen LogP contribution is 2.31. The fourth-order valence-corrected chi connectivity index (χ4v) is 2.90. The molecule has 3 nitrogen and oxygen atoms in total. The van der Waals surface area contributed by atoms with E-state index in [1.807, 2.05) is 32.9 Å². The van der Waals surface area contributed by atoms with E-state index in [9.17, 15) is 14.0 Å². The minimum Gasteiger partial charge on any atom is -0.352 e. The van der Waals surface area contributed by atoms with E-state index in [1.165, 1.54) is 18.2 Å². The van der Waals surface area contributed by atoms with Crippen LogP contribution >= 0.6 is 11.6 Å². The van der Waals surface area contributed by atoms with Crippen molar-refractivity contribution in [3.8, 4) is 11.1 Å². The first kappa shape index (κ1) is 16.4. The molecular weight excluding hydrogens is 329 g/mol. The number of hydrogen-bond acceptors (Lipinski definition) is 3. The molecule has 0 saturated carbocycles. The first-order chi connectivity index (χ1) is 11.3. The van der Waals surface area contributed by atoms with Gasteiger partial charge in [-0.1, -0.05) is 23.7 Å². The van der Waals surface area contributed by atoms with Crippen LogP contribution in [0.4, 0.5) is 15.8 Å². The summed E-state index contributed by atoms with van der Waals surface area (Å²) in [6.45, 7) is 5.85. The van der Waals surface area contributed by atoms with Crippen LogP contribution in [0.1, 0.15) is 16.7 Å². The number of aryl methyl sites for hydroxylation is 3. The fourth-order valence-electron chi connectivity index (χ4n) is 2.72. The molecule has 3 rings (SSSR count). The third-order valence-corrected chi connectivity index (χ3v) is 4.50. The van der Waals surface area contributed by atoms with E-state index in [2.05, 4.69) is 5.32 Å². The Kier molecular flexibility index (Phi) is 4.01. The van der Waals surface area contributed by atoms with Crippen molar-refractivity contribution in [1.82, 2.24) is 0 Å². The summed E-state index contributed by atoms with van der Waals surface area (Å²) in [6.07, 6.45) is 0. The Morgan fingerprint density at radius 1 is 0.917 bits per heavy atom. The number of benzene rings is 2. The maximum absolute atomic E-state index is 13.3. The predicted molar refractivity (Wildman–Crippen MR) is 95.7 cm³/mol. The molecule has 3 aromatic carbocycles. The molecule has 0 radical (unpaired) electrons. The minimum absolute atomic E-state index is 0.0531. The number of nitrogens with one attached hydrogen (secondary N) is 1. The fraction of sp³-hybridized carbons (Fsp3) is 0.158. The molecule has 0 atom stereocenters. The summed E-state index contributed by atoms with van der Waals surface area (Å²) in [5.41, 5.74) is 3.75. The van der Waals surface area contributed by atoms with Gasteiger partial charge >= 0.3 is 0 Å². The molecule has 3 aromatic rings. The number of hydrogen-bond donors (Lipinski definition) is 1. The van der Waals surface area contributed by atoms with Crippen molar-refractivity contribution in [2.24, 2.45) is 0 Å². The average Bonchev–Trinajstić information content (AvgIpc) is 2.54. The predicted octanol–water partition coefficient (Wildman–Crippen LogP) is 4.41. The van der Waals surface area contributed by atoms with Gasteiger partial charge in [0.1, 0.15) is 11.5 Å². The lowest BCUT2D eigenvalue weighted by Crippen LogP contribution is -2.35. The number of halogens is 2. The molecule has 0 aromatic heterocycles. The second kappa shape index (κ2) is 5.87. The van der Waals surface area contributed by atoms with E-state index in [4.69, 9.17) is 11.6 Å². The standard InChI is InChI=1S/C19H15ClFNO2/c1-9-6-11(3)13(7-10(9)2)16-17(19(24)18(16)23)22-12-4-5-15(21)14(20)8-12/h4-8,22H,1-3H3. The van der Waals surface area contributed by atoms with E-state index in [1.54, 1.807) is 0 Å². The van der Waals surface area contributed by atoms with Crippen LogP contribution in [0.15, 0.2) is 39.9 Å². The van der Waals surface area contributed by atoms with Crippen LogP contribution in [0.3, 0.4) is 0 Å². The van der Waals surface area contributed by atoms with Crippen LogP contribution < -0.4 is 16.2 Å². The van der Waals surface area contributed by atoms with Crippen molar-refractivity contribution in [2.45, 2.75) is 20.8 Å². The minimum atomic E-state index is -0.580. The van der Waals surface area contributed by atoms with Crippen molar-refractivity contribution in [3.63, 3.8) is 0 Å². The van der Waals surface area contributed by atoms with Crippen LogP contribution in [-0.2, 0) is 0 Å². The van der Waals surface area contributed by atoms with Crippen LogP contribution in [0, 0.1) is 26.6 Å². The second-order valence-corrected chi connectivity index (χ2v) is 6.32. The molecule has 5 heteroatoms. The van der Waals surface area contributed by atoms with Crippen molar-refractivity contribution in [1.29, 1.82) is 0 Å². The maximum Gasteiger partial charge on any atom is 0.250 e. The van der Waals surface area contributed by atoms with E-state index < -0.39 is 16.7 Å². The van der Waals surface area contributed by atoms with E-state index in [0.29, 0.717) is 11.3 Å². The Hall–Kier alpha value is -2.46. The van der Waals surface area contributed by atoms with E-state index in [-0.39, 0.29) is 10.7 Å². The molecule has 0 aliphatic rings.